The number of amides is 1. The molecular weight excluding hydrogens is 440 g/mol. The number of nitrogens with one attached hydrogen (secondary N) is 2. The van der Waals surface area contributed by atoms with Gasteiger partial charge in [-0.2, -0.15) is 8.78 Å². The zero-order valence-electron chi connectivity index (χ0n) is 14.0. The number of nitrogens with zero attached hydrogens (tertiary/aromatic N) is 1. The molecule has 0 bridgehead atoms. The van der Waals surface area contributed by atoms with Gasteiger partial charge in [0.2, 0.25) is 0 Å². The maximum atomic E-state index is 12.3. The first-order chi connectivity index (χ1) is 12.9. The summed E-state index contributed by atoms with van der Waals surface area (Å²) in [5, 5.41) is 7.96. The summed E-state index contributed by atoms with van der Waals surface area (Å²) in [6.45, 7) is -0.930. The molecule has 0 fully saturated rings. The Morgan fingerprint density at radius 2 is 1.89 bits per heavy atom. The summed E-state index contributed by atoms with van der Waals surface area (Å²) < 4.78 is 29.6. The molecule has 0 aliphatic rings. The van der Waals surface area contributed by atoms with Crippen LogP contribution in [0.3, 0.4) is 0 Å². The third kappa shape index (κ3) is 5.24. The number of halogens is 3. The van der Waals surface area contributed by atoms with Crippen molar-refractivity contribution in [1.29, 1.82) is 0 Å². The molecule has 2 N–H and O–H groups in total. The van der Waals surface area contributed by atoms with E-state index in [1.54, 1.807) is 23.6 Å². The number of hydrogen-bond donors (Lipinski definition) is 2. The largest absolute Gasteiger partial charge is 0.435 e. The van der Waals surface area contributed by atoms with Crippen LogP contribution >= 0.6 is 27.3 Å². The molecule has 0 aliphatic heterocycles. The fourth-order valence-corrected chi connectivity index (χ4v) is 3.15. The summed E-state index contributed by atoms with van der Waals surface area (Å²) in [6.07, 6.45) is 0. The Morgan fingerprint density at radius 1 is 1.19 bits per heavy atom. The van der Waals surface area contributed by atoms with Gasteiger partial charge in [-0.25, -0.2) is 4.98 Å². The molecular formula is C18H14BrF2N3O2S. The van der Waals surface area contributed by atoms with Crippen LogP contribution in [0.1, 0.15) is 16.1 Å². The van der Waals surface area contributed by atoms with Crippen LogP contribution in [0.5, 0.6) is 5.75 Å². The van der Waals surface area contributed by atoms with Gasteiger partial charge >= 0.3 is 6.61 Å². The fraction of sp³-hybridized carbons (Fsp3) is 0.111. The molecule has 140 valence electrons. The van der Waals surface area contributed by atoms with Gasteiger partial charge in [0.25, 0.3) is 5.91 Å². The topological polar surface area (TPSA) is 63.2 Å². The molecule has 0 unspecified atom stereocenters. The average molecular weight is 454 g/mol. The second-order valence-electron chi connectivity index (χ2n) is 5.48. The lowest BCUT2D eigenvalue weighted by atomic mass is 10.2. The normalized spacial score (nSPS) is 10.7. The molecule has 0 radical (unpaired) electrons. The molecule has 9 heteroatoms. The monoisotopic (exact) mass is 453 g/mol. The first-order valence-corrected chi connectivity index (χ1v) is 9.43. The summed E-state index contributed by atoms with van der Waals surface area (Å²) in [6, 6.07) is 11.5. The van der Waals surface area contributed by atoms with E-state index in [4.69, 9.17) is 0 Å². The van der Waals surface area contributed by atoms with Crippen molar-refractivity contribution in [1.82, 2.24) is 4.98 Å². The minimum Gasteiger partial charge on any atom is -0.435 e. The molecule has 27 heavy (non-hydrogen) atoms. The molecule has 0 saturated heterocycles. The number of thiazole rings is 1. The van der Waals surface area contributed by atoms with E-state index < -0.39 is 6.61 Å². The summed E-state index contributed by atoms with van der Waals surface area (Å²) >= 11 is 4.68. The fourth-order valence-electron chi connectivity index (χ4n) is 2.20. The Morgan fingerprint density at radius 3 is 2.56 bits per heavy atom. The molecule has 3 rings (SSSR count). The smallest absolute Gasteiger partial charge is 0.387 e. The number of benzene rings is 2. The van der Waals surface area contributed by atoms with Crippen molar-refractivity contribution < 1.29 is 18.3 Å². The second-order valence-corrected chi connectivity index (χ2v) is 7.20. The predicted molar refractivity (Wildman–Crippen MR) is 105 cm³/mol. The highest BCUT2D eigenvalue weighted by atomic mass is 79.9. The van der Waals surface area contributed by atoms with E-state index in [0.717, 1.165) is 10.0 Å². The molecule has 1 heterocycles. The average Bonchev–Trinajstić information content (AvgIpc) is 3.08. The first-order valence-electron chi connectivity index (χ1n) is 7.75. The lowest BCUT2D eigenvalue weighted by Gasteiger charge is -2.06. The highest BCUT2D eigenvalue weighted by Gasteiger charge is 2.12. The number of carbonyl (C=O) groups is 1. The highest BCUT2D eigenvalue weighted by Crippen LogP contribution is 2.25. The van der Waals surface area contributed by atoms with E-state index in [9.17, 15) is 13.6 Å². The van der Waals surface area contributed by atoms with Crippen LogP contribution in [0.25, 0.3) is 0 Å². The van der Waals surface area contributed by atoms with Gasteiger partial charge in [-0.1, -0.05) is 15.9 Å². The summed E-state index contributed by atoms with van der Waals surface area (Å²) in [5.74, 6) is -0.249. The SMILES string of the molecule is Cc1cc(NC(=O)c2csc(Nc3ccc(OC(F)F)cc3)n2)ccc1Br. The van der Waals surface area contributed by atoms with Gasteiger partial charge in [-0.15, -0.1) is 11.3 Å². The zero-order valence-corrected chi connectivity index (χ0v) is 16.4. The van der Waals surface area contributed by atoms with Crippen molar-refractivity contribution >= 4 is 49.7 Å². The van der Waals surface area contributed by atoms with E-state index in [1.165, 1.54) is 23.5 Å². The molecule has 0 aliphatic carbocycles. The molecule has 0 atom stereocenters. The van der Waals surface area contributed by atoms with Crippen molar-refractivity contribution in [2.45, 2.75) is 13.5 Å². The predicted octanol–water partition coefficient (Wildman–Crippen LogP) is 5.81. The van der Waals surface area contributed by atoms with Crippen LogP contribution < -0.4 is 15.4 Å². The minimum absolute atomic E-state index is 0.0690. The van der Waals surface area contributed by atoms with Crippen LogP contribution in [-0.4, -0.2) is 17.5 Å². The Bertz CT molecular complexity index is 948. The van der Waals surface area contributed by atoms with Crippen molar-refractivity contribution in [2.24, 2.45) is 0 Å². The van der Waals surface area contributed by atoms with Crippen LogP contribution in [0.15, 0.2) is 52.3 Å². The maximum Gasteiger partial charge on any atom is 0.387 e. The molecule has 1 amide bonds. The van der Waals surface area contributed by atoms with Gasteiger partial charge in [-0.05, 0) is 55.0 Å². The molecule has 0 saturated carbocycles. The maximum absolute atomic E-state index is 12.3. The lowest BCUT2D eigenvalue weighted by Crippen LogP contribution is -2.12. The van der Waals surface area contributed by atoms with Gasteiger partial charge in [0.15, 0.2) is 5.13 Å². The van der Waals surface area contributed by atoms with Gasteiger partial charge in [0.05, 0.1) is 0 Å². The summed E-state index contributed by atoms with van der Waals surface area (Å²) in [4.78, 5) is 16.6. The van der Waals surface area contributed by atoms with Crippen LogP contribution in [0, 0.1) is 6.92 Å². The number of alkyl halides is 2. The van der Waals surface area contributed by atoms with Crippen molar-refractivity contribution in [3.05, 3.63) is 63.6 Å². The van der Waals surface area contributed by atoms with E-state index in [2.05, 4.69) is 36.3 Å². The third-order valence-corrected chi connectivity index (χ3v) is 5.13. The number of ether oxygens (including phenoxy) is 1. The van der Waals surface area contributed by atoms with E-state index in [-0.39, 0.29) is 17.4 Å². The van der Waals surface area contributed by atoms with Gasteiger partial charge < -0.3 is 15.4 Å². The Hall–Kier alpha value is -2.52. The number of anilines is 3. The number of hydrogen-bond acceptors (Lipinski definition) is 5. The lowest BCUT2D eigenvalue weighted by molar-refractivity contribution is -0.0498. The van der Waals surface area contributed by atoms with E-state index in [0.29, 0.717) is 16.5 Å². The zero-order chi connectivity index (χ0) is 19.4. The number of aryl methyl sites for hydroxylation is 1. The molecule has 1 aromatic heterocycles. The quantitative estimate of drug-likeness (QED) is 0.494. The Balaban J connectivity index is 1.63. The van der Waals surface area contributed by atoms with Crippen LogP contribution in [0.4, 0.5) is 25.3 Å². The standard InChI is InChI=1S/C18H14BrF2N3O2S/c1-10-8-12(4-7-14(10)19)22-16(25)15-9-27-18(24-15)23-11-2-5-13(6-3-11)26-17(20)21/h2-9,17H,1H3,(H,22,25)(H,23,24). The van der Waals surface area contributed by atoms with Gasteiger partial charge in [0, 0.05) is 21.2 Å². The summed E-state index contributed by atoms with van der Waals surface area (Å²) in [5.41, 5.74) is 2.60. The van der Waals surface area contributed by atoms with Crippen LogP contribution in [0.2, 0.25) is 0 Å². The minimum atomic E-state index is -2.86. The van der Waals surface area contributed by atoms with Gasteiger partial charge in [0.1, 0.15) is 11.4 Å². The van der Waals surface area contributed by atoms with Crippen molar-refractivity contribution in [3.8, 4) is 5.75 Å². The molecule has 0 spiro atoms. The van der Waals surface area contributed by atoms with E-state index >= 15 is 0 Å². The van der Waals surface area contributed by atoms with Gasteiger partial charge in [-0.3, -0.25) is 4.79 Å². The van der Waals surface area contributed by atoms with Crippen molar-refractivity contribution in [2.75, 3.05) is 10.6 Å². The number of aromatic nitrogens is 1. The summed E-state index contributed by atoms with van der Waals surface area (Å²) in [7, 11) is 0. The molecule has 5 nitrogen and oxygen atoms in total. The Kier molecular flexibility index (Phi) is 6.02. The molecule has 3 aromatic rings. The number of carbonyl (C=O) groups excluding carboxylic acids is 1. The Labute approximate surface area is 166 Å². The van der Waals surface area contributed by atoms with Crippen molar-refractivity contribution in [3.63, 3.8) is 0 Å². The molecule has 2 aromatic carbocycles. The number of rotatable bonds is 6. The first kappa shape index (κ1) is 19.2. The highest BCUT2D eigenvalue weighted by molar-refractivity contribution is 9.10. The van der Waals surface area contributed by atoms with E-state index in [1.807, 2.05) is 19.1 Å². The third-order valence-electron chi connectivity index (χ3n) is 3.48. The second kappa shape index (κ2) is 8.45. The van der Waals surface area contributed by atoms with Crippen LogP contribution in [-0.2, 0) is 0 Å².